The predicted octanol–water partition coefficient (Wildman–Crippen LogP) is 2.08. The van der Waals surface area contributed by atoms with E-state index in [0.29, 0.717) is 29.9 Å². The van der Waals surface area contributed by atoms with E-state index in [-0.39, 0.29) is 6.04 Å². The van der Waals surface area contributed by atoms with Gasteiger partial charge in [0.15, 0.2) is 0 Å². The maximum Gasteiger partial charge on any atom is 0.244 e. The Kier molecular flexibility index (Phi) is 4.12. The largest absolute Gasteiger partial charge is 0.363 e. The second kappa shape index (κ2) is 5.74. The Labute approximate surface area is 127 Å². The topological polar surface area (TPSA) is 65.2 Å². The van der Waals surface area contributed by atoms with Gasteiger partial charge < -0.3 is 10.3 Å². The van der Waals surface area contributed by atoms with E-state index in [9.17, 15) is 8.42 Å². The van der Waals surface area contributed by atoms with Crippen molar-refractivity contribution in [2.45, 2.75) is 63.1 Å². The molecule has 0 atom stereocenters. The van der Waals surface area contributed by atoms with Gasteiger partial charge in [-0.2, -0.15) is 4.31 Å². The molecular weight excluding hydrogens is 286 g/mol. The molecule has 0 radical (unpaired) electrons. The van der Waals surface area contributed by atoms with Gasteiger partial charge in [-0.25, -0.2) is 8.42 Å². The van der Waals surface area contributed by atoms with E-state index in [4.69, 9.17) is 0 Å². The average Bonchev–Trinajstić information content (AvgIpc) is 3.34. The van der Waals surface area contributed by atoms with Gasteiger partial charge in [-0.05, 0) is 51.5 Å². The van der Waals surface area contributed by atoms with E-state index in [0.717, 1.165) is 18.5 Å². The number of hydrogen-bond acceptors (Lipinski definition) is 3. The standard InChI is InChI=1S/C15H25N3O2S/c1-11(2)18(10-12-3-4-12)21(19,20)15-7-14(17-9-15)8-16-13-5-6-13/h7,9,11-13,16-17H,3-6,8,10H2,1-2H3. The quantitative estimate of drug-likeness (QED) is 0.772. The van der Waals surface area contributed by atoms with Crippen molar-refractivity contribution in [3.05, 3.63) is 18.0 Å². The Morgan fingerprint density at radius 3 is 2.62 bits per heavy atom. The summed E-state index contributed by atoms with van der Waals surface area (Å²) in [6.45, 7) is 5.26. The molecule has 0 spiro atoms. The molecule has 5 nitrogen and oxygen atoms in total. The molecule has 21 heavy (non-hydrogen) atoms. The first-order valence-corrected chi connectivity index (χ1v) is 9.33. The van der Waals surface area contributed by atoms with Crippen LogP contribution in [0.25, 0.3) is 0 Å². The second-order valence-electron chi connectivity index (χ2n) is 6.63. The summed E-state index contributed by atoms with van der Waals surface area (Å²) >= 11 is 0. The number of nitrogens with zero attached hydrogens (tertiary/aromatic N) is 1. The molecule has 1 aromatic heterocycles. The molecule has 2 saturated carbocycles. The summed E-state index contributed by atoms with van der Waals surface area (Å²) in [5.41, 5.74) is 0.940. The molecule has 1 aromatic rings. The Hall–Kier alpha value is -0.850. The van der Waals surface area contributed by atoms with Crippen LogP contribution >= 0.6 is 0 Å². The minimum absolute atomic E-state index is 0.00135. The van der Waals surface area contributed by atoms with Crippen molar-refractivity contribution in [1.82, 2.24) is 14.6 Å². The molecule has 2 N–H and O–H groups in total. The summed E-state index contributed by atoms with van der Waals surface area (Å²) in [6, 6.07) is 2.39. The number of hydrogen-bond donors (Lipinski definition) is 2. The van der Waals surface area contributed by atoms with Gasteiger partial charge >= 0.3 is 0 Å². The maximum absolute atomic E-state index is 12.8. The number of nitrogens with one attached hydrogen (secondary N) is 2. The van der Waals surface area contributed by atoms with Crippen molar-refractivity contribution in [2.24, 2.45) is 5.92 Å². The zero-order chi connectivity index (χ0) is 15.0. The summed E-state index contributed by atoms with van der Waals surface area (Å²) in [6.07, 6.45) is 6.40. The monoisotopic (exact) mass is 311 g/mol. The van der Waals surface area contributed by atoms with Crippen molar-refractivity contribution in [1.29, 1.82) is 0 Å². The van der Waals surface area contributed by atoms with Crippen LogP contribution in [0.3, 0.4) is 0 Å². The van der Waals surface area contributed by atoms with Gasteiger partial charge in [0, 0.05) is 37.1 Å². The van der Waals surface area contributed by atoms with Crippen molar-refractivity contribution in [3.8, 4) is 0 Å². The minimum atomic E-state index is -3.38. The molecule has 2 aliphatic rings. The number of rotatable bonds is 8. The highest BCUT2D eigenvalue weighted by atomic mass is 32.2. The van der Waals surface area contributed by atoms with E-state index in [2.05, 4.69) is 10.3 Å². The first-order chi connectivity index (χ1) is 9.96. The molecule has 0 amide bonds. The lowest BCUT2D eigenvalue weighted by molar-refractivity contribution is 0.342. The molecule has 2 fully saturated rings. The lowest BCUT2D eigenvalue weighted by atomic mass is 10.3. The molecule has 0 bridgehead atoms. The Morgan fingerprint density at radius 2 is 2.05 bits per heavy atom. The van der Waals surface area contributed by atoms with Gasteiger partial charge in [-0.3, -0.25) is 0 Å². The van der Waals surface area contributed by atoms with Gasteiger partial charge in [-0.15, -0.1) is 0 Å². The Morgan fingerprint density at radius 1 is 1.33 bits per heavy atom. The first kappa shape index (κ1) is 15.1. The van der Waals surface area contributed by atoms with Crippen LogP contribution in [0.15, 0.2) is 17.2 Å². The summed E-state index contributed by atoms with van der Waals surface area (Å²) in [5, 5.41) is 3.39. The average molecular weight is 311 g/mol. The SMILES string of the molecule is CC(C)N(CC1CC1)S(=O)(=O)c1c[nH]c(CNC2CC2)c1. The van der Waals surface area contributed by atoms with Crippen LogP contribution in [0.1, 0.15) is 45.2 Å². The molecule has 118 valence electrons. The highest BCUT2D eigenvalue weighted by Gasteiger charge is 2.33. The molecule has 2 aliphatic carbocycles. The first-order valence-electron chi connectivity index (χ1n) is 7.89. The summed E-state index contributed by atoms with van der Waals surface area (Å²) in [7, 11) is -3.38. The van der Waals surface area contributed by atoms with Crippen LogP contribution in [-0.2, 0) is 16.6 Å². The van der Waals surface area contributed by atoms with Gasteiger partial charge in [-0.1, -0.05) is 0 Å². The third-order valence-corrected chi connectivity index (χ3v) is 6.21. The van der Waals surface area contributed by atoms with Crippen molar-refractivity contribution in [3.63, 3.8) is 0 Å². The van der Waals surface area contributed by atoms with E-state index < -0.39 is 10.0 Å². The molecule has 0 unspecified atom stereocenters. The third kappa shape index (κ3) is 3.67. The molecule has 0 aromatic carbocycles. The van der Waals surface area contributed by atoms with Crippen LogP contribution < -0.4 is 5.32 Å². The second-order valence-corrected chi connectivity index (χ2v) is 8.52. The number of sulfonamides is 1. The van der Waals surface area contributed by atoms with Crippen LogP contribution in [-0.4, -0.2) is 36.3 Å². The Balaban J connectivity index is 1.72. The van der Waals surface area contributed by atoms with Gasteiger partial charge in [0.2, 0.25) is 10.0 Å². The zero-order valence-corrected chi connectivity index (χ0v) is 13.6. The number of H-pyrrole nitrogens is 1. The van der Waals surface area contributed by atoms with Gasteiger partial charge in [0.25, 0.3) is 0 Å². The molecule has 6 heteroatoms. The lowest BCUT2D eigenvalue weighted by Crippen LogP contribution is -2.38. The van der Waals surface area contributed by atoms with Crippen molar-refractivity contribution in [2.75, 3.05) is 6.54 Å². The van der Waals surface area contributed by atoms with E-state index in [1.165, 1.54) is 12.8 Å². The highest BCUT2D eigenvalue weighted by molar-refractivity contribution is 7.89. The summed E-state index contributed by atoms with van der Waals surface area (Å²) in [4.78, 5) is 3.48. The van der Waals surface area contributed by atoms with Gasteiger partial charge in [0.1, 0.15) is 0 Å². The molecular formula is C15H25N3O2S. The van der Waals surface area contributed by atoms with Crippen LogP contribution in [0.5, 0.6) is 0 Å². The zero-order valence-electron chi connectivity index (χ0n) is 12.8. The lowest BCUT2D eigenvalue weighted by Gasteiger charge is -2.25. The molecule has 0 saturated heterocycles. The van der Waals surface area contributed by atoms with E-state index in [1.54, 1.807) is 16.6 Å². The van der Waals surface area contributed by atoms with Crippen molar-refractivity contribution >= 4 is 10.0 Å². The highest BCUT2D eigenvalue weighted by Crippen LogP contribution is 2.32. The molecule has 0 aliphatic heterocycles. The number of aromatic nitrogens is 1. The van der Waals surface area contributed by atoms with E-state index >= 15 is 0 Å². The maximum atomic E-state index is 12.8. The van der Waals surface area contributed by atoms with Crippen LogP contribution in [0.4, 0.5) is 0 Å². The predicted molar refractivity (Wildman–Crippen MR) is 82.4 cm³/mol. The van der Waals surface area contributed by atoms with Crippen LogP contribution in [0.2, 0.25) is 0 Å². The minimum Gasteiger partial charge on any atom is -0.363 e. The Bertz CT molecular complexity index is 586. The fourth-order valence-electron chi connectivity index (χ4n) is 2.49. The number of aromatic amines is 1. The summed E-state index contributed by atoms with van der Waals surface area (Å²) in [5.74, 6) is 0.553. The van der Waals surface area contributed by atoms with E-state index in [1.807, 2.05) is 13.8 Å². The fraction of sp³-hybridized carbons (Fsp3) is 0.733. The molecule has 1 heterocycles. The molecule has 3 rings (SSSR count). The normalized spacial score (nSPS) is 19.6. The van der Waals surface area contributed by atoms with Crippen LogP contribution in [0, 0.1) is 5.92 Å². The smallest absolute Gasteiger partial charge is 0.244 e. The van der Waals surface area contributed by atoms with Gasteiger partial charge in [0.05, 0.1) is 4.90 Å². The van der Waals surface area contributed by atoms with Crippen molar-refractivity contribution < 1.29 is 8.42 Å². The summed E-state index contributed by atoms with van der Waals surface area (Å²) < 4.78 is 27.2. The fourth-order valence-corrected chi connectivity index (χ4v) is 4.22. The third-order valence-electron chi connectivity index (χ3n) is 4.19.